The molecule has 0 aromatic carbocycles. The van der Waals surface area contributed by atoms with E-state index in [1.165, 1.54) is 90.4 Å². The first kappa shape index (κ1) is 35.5. The van der Waals surface area contributed by atoms with Crippen LogP contribution in [0.15, 0.2) is 0 Å². The van der Waals surface area contributed by atoms with Crippen molar-refractivity contribution in [1.82, 2.24) is 0 Å². The highest BCUT2D eigenvalue weighted by atomic mass is 31.2. The molecule has 0 spiro atoms. The molecule has 0 rings (SSSR count). The molecule has 0 aromatic rings. The largest absolute Gasteiger partial charge is 0.756 e. The molecule has 216 valence electrons. The topological polar surface area (TPSA) is 94.1 Å². The molecule has 2 atom stereocenters. The van der Waals surface area contributed by atoms with Crippen LogP contribution in [0.2, 0.25) is 0 Å². The summed E-state index contributed by atoms with van der Waals surface area (Å²) in [7, 11) is 1.35. The summed E-state index contributed by atoms with van der Waals surface area (Å²) < 4.78 is 33.0. The van der Waals surface area contributed by atoms with E-state index in [4.69, 9.17) is 18.5 Å². The number of carbonyl (C=O) groups excluding carboxylic acids is 1. The lowest BCUT2D eigenvalue weighted by atomic mass is 10.0. The van der Waals surface area contributed by atoms with Crippen molar-refractivity contribution in [3.8, 4) is 0 Å². The van der Waals surface area contributed by atoms with Gasteiger partial charge in [-0.1, -0.05) is 96.8 Å². The van der Waals surface area contributed by atoms with Crippen LogP contribution in [0.1, 0.15) is 110 Å². The summed E-state index contributed by atoms with van der Waals surface area (Å²) in [5.41, 5.74) is 0. The van der Waals surface area contributed by atoms with E-state index < -0.39 is 19.9 Å². The Bertz CT molecular complexity index is 569. The second kappa shape index (κ2) is 22.5. The van der Waals surface area contributed by atoms with E-state index in [1.807, 2.05) is 21.1 Å². The number of carbonyl (C=O) groups is 1. The zero-order chi connectivity index (χ0) is 27.1. The van der Waals surface area contributed by atoms with Crippen LogP contribution in [0.3, 0.4) is 0 Å². The van der Waals surface area contributed by atoms with Crippen LogP contribution >= 0.6 is 7.82 Å². The maximum atomic E-state index is 11.9. The second-order valence-corrected chi connectivity index (χ2v) is 12.3. The summed E-state index contributed by atoms with van der Waals surface area (Å²) >= 11 is 0. The van der Waals surface area contributed by atoms with Gasteiger partial charge >= 0.3 is 5.97 Å². The van der Waals surface area contributed by atoms with Crippen LogP contribution in [0.25, 0.3) is 0 Å². The molecular formula is C27H56NO7P. The molecule has 0 N–H and O–H groups in total. The third-order valence-corrected chi connectivity index (χ3v) is 6.92. The van der Waals surface area contributed by atoms with Gasteiger partial charge in [0.05, 0.1) is 34.4 Å². The fourth-order valence-electron chi connectivity index (χ4n) is 3.78. The Balaban J connectivity index is 3.74. The molecule has 0 amide bonds. The zero-order valence-corrected chi connectivity index (χ0v) is 24.9. The fraction of sp³-hybridized carbons (Fsp3) is 0.963. The predicted octanol–water partition coefficient (Wildman–Crippen LogP) is 6.01. The number of hydrogen-bond donors (Lipinski definition) is 0. The van der Waals surface area contributed by atoms with Gasteiger partial charge in [-0.3, -0.25) is 9.36 Å². The first-order valence-corrected chi connectivity index (χ1v) is 15.7. The monoisotopic (exact) mass is 537 g/mol. The summed E-state index contributed by atoms with van der Waals surface area (Å²) in [5, 5.41) is 0. The van der Waals surface area contributed by atoms with E-state index in [0.717, 1.165) is 12.8 Å². The Morgan fingerprint density at radius 2 is 1.22 bits per heavy atom. The van der Waals surface area contributed by atoms with Crippen molar-refractivity contribution in [2.75, 3.05) is 54.1 Å². The van der Waals surface area contributed by atoms with Gasteiger partial charge in [0.2, 0.25) is 0 Å². The number of nitrogens with zero attached hydrogens (tertiary/aromatic N) is 1. The molecular weight excluding hydrogens is 481 g/mol. The van der Waals surface area contributed by atoms with E-state index in [1.54, 1.807) is 0 Å². The van der Waals surface area contributed by atoms with Crippen molar-refractivity contribution in [3.05, 3.63) is 0 Å². The molecule has 9 heteroatoms. The van der Waals surface area contributed by atoms with Crippen molar-refractivity contribution in [1.29, 1.82) is 0 Å². The molecule has 0 saturated carbocycles. The van der Waals surface area contributed by atoms with Gasteiger partial charge in [0.1, 0.15) is 19.3 Å². The van der Waals surface area contributed by atoms with Gasteiger partial charge in [0, 0.05) is 13.5 Å². The number of rotatable bonds is 26. The Kier molecular flexibility index (Phi) is 22.2. The van der Waals surface area contributed by atoms with Crippen LogP contribution in [0.5, 0.6) is 0 Å². The lowest BCUT2D eigenvalue weighted by Gasteiger charge is -2.28. The standard InChI is InChI=1S/C27H56NO7P/c1-6-7-8-9-10-11-12-13-14-15-16-17-18-19-20-22-32-24-27(35-26(2)29)25-34-36(30,31)33-23-21-28(3,4)5/h27H,6-25H2,1-5H3/t27-/m1/s1. The number of likely N-dealkylation sites (N-methyl/N-ethyl adjacent to an activating group) is 1. The molecule has 1 unspecified atom stereocenters. The molecule has 0 radical (unpaired) electrons. The number of phosphoric acid groups is 1. The summed E-state index contributed by atoms with van der Waals surface area (Å²) in [6, 6.07) is 0. The average Bonchev–Trinajstić information content (AvgIpc) is 2.78. The normalized spacial score (nSPS) is 14.5. The van der Waals surface area contributed by atoms with Crippen molar-refractivity contribution in [2.45, 2.75) is 116 Å². The van der Waals surface area contributed by atoms with E-state index in [0.29, 0.717) is 17.6 Å². The quantitative estimate of drug-likeness (QED) is 0.0577. The molecule has 0 aromatic heterocycles. The third-order valence-electron chi connectivity index (χ3n) is 5.96. The lowest BCUT2D eigenvalue weighted by Crippen LogP contribution is -2.37. The van der Waals surface area contributed by atoms with E-state index >= 15 is 0 Å². The third kappa shape index (κ3) is 26.6. The second-order valence-electron chi connectivity index (χ2n) is 10.8. The number of phosphoric ester groups is 1. The minimum atomic E-state index is -4.46. The van der Waals surface area contributed by atoms with Gasteiger partial charge in [-0.15, -0.1) is 0 Å². The van der Waals surface area contributed by atoms with Crippen molar-refractivity contribution in [2.24, 2.45) is 0 Å². The minimum absolute atomic E-state index is 0.0260. The van der Waals surface area contributed by atoms with Gasteiger partial charge in [-0.05, 0) is 6.42 Å². The van der Waals surface area contributed by atoms with Crippen LogP contribution in [0, 0.1) is 0 Å². The SMILES string of the molecule is CCCCCCCCCCCCCCCCCOC[C@H](COP(=O)([O-])OCC[N+](C)(C)C)OC(C)=O. The molecule has 0 fully saturated rings. The lowest BCUT2D eigenvalue weighted by molar-refractivity contribution is -0.870. The smallest absolute Gasteiger partial charge is 0.303 e. The molecule has 0 aliphatic heterocycles. The number of esters is 1. The van der Waals surface area contributed by atoms with E-state index in [-0.39, 0.29) is 19.8 Å². The van der Waals surface area contributed by atoms with Gasteiger partial charge < -0.3 is 27.9 Å². The van der Waals surface area contributed by atoms with E-state index in [9.17, 15) is 14.3 Å². The highest BCUT2D eigenvalue weighted by Crippen LogP contribution is 2.38. The number of quaternary nitrogens is 1. The Morgan fingerprint density at radius 3 is 1.67 bits per heavy atom. The molecule has 8 nitrogen and oxygen atoms in total. The van der Waals surface area contributed by atoms with Crippen LogP contribution in [-0.2, 0) is 27.9 Å². The summed E-state index contributed by atoms with van der Waals surface area (Å²) in [4.78, 5) is 23.3. The van der Waals surface area contributed by atoms with Crippen LogP contribution < -0.4 is 4.89 Å². The predicted molar refractivity (Wildman–Crippen MR) is 144 cm³/mol. The maximum absolute atomic E-state index is 11.9. The summed E-state index contributed by atoms with van der Waals surface area (Å²) in [6.45, 7) is 4.41. The Hall–Kier alpha value is -0.500. The first-order chi connectivity index (χ1) is 17.1. The molecule has 0 saturated heterocycles. The van der Waals surface area contributed by atoms with E-state index in [2.05, 4.69) is 6.92 Å². The highest BCUT2D eigenvalue weighted by Gasteiger charge is 2.19. The average molecular weight is 538 g/mol. The van der Waals surface area contributed by atoms with Gasteiger partial charge in [-0.2, -0.15) is 0 Å². The molecule has 0 aliphatic rings. The number of unbranched alkanes of at least 4 members (excludes halogenated alkanes) is 14. The van der Waals surface area contributed by atoms with Crippen LogP contribution in [0.4, 0.5) is 0 Å². The minimum Gasteiger partial charge on any atom is -0.756 e. The summed E-state index contributed by atoms with van der Waals surface area (Å²) in [5.74, 6) is -0.508. The number of hydrogen-bond acceptors (Lipinski definition) is 7. The van der Waals surface area contributed by atoms with Gasteiger partial charge in [0.15, 0.2) is 0 Å². The Morgan fingerprint density at radius 1 is 0.750 bits per heavy atom. The van der Waals surface area contributed by atoms with Gasteiger partial charge in [-0.25, -0.2) is 0 Å². The summed E-state index contributed by atoms with van der Waals surface area (Å²) in [6.07, 6.45) is 18.8. The van der Waals surface area contributed by atoms with Crippen molar-refractivity contribution < 1.29 is 37.3 Å². The highest BCUT2D eigenvalue weighted by molar-refractivity contribution is 7.45. The van der Waals surface area contributed by atoms with Crippen LogP contribution in [-0.4, -0.2) is 70.7 Å². The van der Waals surface area contributed by atoms with Crippen molar-refractivity contribution >= 4 is 13.8 Å². The van der Waals surface area contributed by atoms with Crippen molar-refractivity contribution in [3.63, 3.8) is 0 Å². The molecule has 0 aliphatic carbocycles. The maximum Gasteiger partial charge on any atom is 0.303 e. The first-order valence-electron chi connectivity index (χ1n) is 14.2. The Labute approximate surface area is 221 Å². The molecule has 0 bridgehead atoms. The zero-order valence-electron chi connectivity index (χ0n) is 24.0. The fourth-order valence-corrected chi connectivity index (χ4v) is 4.51. The molecule has 0 heterocycles. The number of ether oxygens (including phenoxy) is 2. The van der Waals surface area contributed by atoms with Gasteiger partial charge in [0.25, 0.3) is 7.82 Å². The molecule has 36 heavy (non-hydrogen) atoms.